The molecule has 0 bridgehead atoms. The molecule has 1 N–H and O–H groups in total. The van der Waals surface area contributed by atoms with E-state index in [0.29, 0.717) is 30.1 Å². The fourth-order valence-electron chi connectivity index (χ4n) is 5.42. The third-order valence-corrected chi connectivity index (χ3v) is 7.81. The number of alkyl carbamates (subject to hydrolysis) is 1. The molecule has 1 atom stereocenters. The first-order valence-electron chi connectivity index (χ1n) is 15.6. The van der Waals surface area contributed by atoms with Crippen molar-refractivity contribution in [3.8, 4) is 5.75 Å². The number of fused-ring (bicyclic) bond motifs is 1. The summed E-state index contributed by atoms with van der Waals surface area (Å²) in [4.78, 5) is 61.4. The predicted molar refractivity (Wildman–Crippen MR) is 170 cm³/mol. The van der Waals surface area contributed by atoms with E-state index in [1.165, 1.54) is 0 Å². The summed E-state index contributed by atoms with van der Waals surface area (Å²) in [7, 11) is 0. The Bertz CT molecular complexity index is 1390. The van der Waals surface area contributed by atoms with Gasteiger partial charge in [0.15, 0.2) is 5.60 Å². The molecule has 0 saturated carbocycles. The van der Waals surface area contributed by atoms with E-state index in [1.807, 2.05) is 69.9 Å². The van der Waals surface area contributed by atoms with Crippen LogP contribution in [-0.2, 0) is 25.8 Å². The van der Waals surface area contributed by atoms with Gasteiger partial charge in [0.2, 0.25) is 0 Å². The molecular weight excluding hydrogens is 576 g/mol. The summed E-state index contributed by atoms with van der Waals surface area (Å²) in [5, 5.41) is 4.37. The third-order valence-electron chi connectivity index (χ3n) is 7.81. The minimum absolute atomic E-state index is 0.129. The van der Waals surface area contributed by atoms with Crippen LogP contribution in [-0.4, -0.2) is 77.7 Å². The second-order valence-corrected chi connectivity index (χ2v) is 13.4. The molecule has 2 aliphatic rings. The molecule has 2 heterocycles. The van der Waals surface area contributed by atoms with E-state index in [4.69, 9.17) is 14.3 Å². The first-order valence-corrected chi connectivity index (χ1v) is 15.6. The van der Waals surface area contributed by atoms with Gasteiger partial charge >= 0.3 is 12.1 Å². The molecule has 45 heavy (non-hydrogen) atoms. The number of benzene rings is 2. The fourth-order valence-corrected chi connectivity index (χ4v) is 5.42. The fraction of sp³-hybridized carbons (Fsp3) is 0.529. The Morgan fingerprint density at radius 3 is 2.49 bits per heavy atom. The number of carbonyl (C=O) groups excluding carboxylic acids is 4. The monoisotopic (exact) mass is 622 g/mol. The lowest BCUT2D eigenvalue weighted by Gasteiger charge is -2.41. The number of hydrogen-bond acceptors (Lipinski definition) is 8. The van der Waals surface area contributed by atoms with Gasteiger partial charge in [-0.05, 0) is 85.1 Å². The number of amides is 3. The zero-order valence-corrected chi connectivity index (χ0v) is 27.4. The molecule has 0 aromatic heterocycles. The topological polar surface area (TPSA) is 118 Å². The van der Waals surface area contributed by atoms with Crippen molar-refractivity contribution in [1.29, 1.82) is 0 Å². The van der Waals surface area contributed by atoms with Gasteiger partial charge in [0.25, 0.3) is 11.8 Å². The molecule has 1 fully saturated rings. The van der Waals surface area contributed by atoms with E-state index >= 15 is 0 Å². The number of piperidine rings is 1. The van der Waals surface area contributed by atoms with Crippen LogP contribution in [0.1, 0.15) is 77.2 Å². The number of carbonyl (C=O) groups is 4. The number of nitrogens with one attached hydrogen (secondary N) is 1. The van der Waals surface area contributed by atoms with Crippen LogP contribution in [0.5, 0.6) is 5.75 Å². The lowest BCUT2D eigenvalue weighted by Crippen LogP contribution is -2.54. The maximum absolute atomic E-state index is 14.0. The standard InChI is InChI=1S/C34H46N4O7/c1-23(2)38(26-14-11-18-36(21-26)45-31(41)33(3,4)5)29(39)25-15-16-28-27(20-25)37(30(40)34(6,7)44-28)19-17-35-32(42)43-22-24-12-9-8-10-13-24/h8-10,12-13,15-16,20,23,26H,11,14,17-19,21-22H2,1-7H3,(H,35,42). The Morgan fingerprint density at radius 2 is 1.82 bits per heavy atom. The molecule has 3 amide bonds. The molecule has 4 rings (SSSR count). The van der Waals surface area contributed by atoms with Crippen molar-refractivity contribution in [2.75, 3.05) is 31.1 Å². The predicted octanol–water partition coefficient (Wildman–Crippen LogP) is 4.94. The van der Waals surface area contributed by atoms with E-state index in [0.717, 1.165) is 18.4 Å². The number of hydrogen-bond donors (Lipinski definition) is 1. The summed E-state index contributed by atoms with van der Waals surface area (Å²) >= 11 is 0. The Balaban J connectivity index is 1.48. The molecule has 244 valence electrons. The summed E-state index contributed by atoms with van der Waals surface area (Å²) in [6.45, 7) is 14.2. The van der Waals surface area contributed by atoms with Crippen LogP contribution in [0.15, 0.2) is 48.5 Å². The van der Waals surface area contributed by atoms with E-state index in [9.17, 15) is 19.2 Å². The highest BCUT2D eigenvalue weighted by Crippen LogP contribution is 2.39. The van der Waals surface area contributed by atoms with Gasteiger partial charge in [-0.25, -0.2) is 9.59 Å². The van der Waals surface area contributed by atoms with Gasteiger partial charge < -0.3 is 29.4 Å². The van der Waals surface area contributed by atoms with Gasteiger partial charge in [0, 0.05) is 37.3 Å². The van der Waals surface area contributed by atoms with Crippen molar-refractivity contribution in [3.63, 3.8) is 0 Å². The largest absolute Gasteiger partial charge is 0.476 e. The smallest absolute Gasteiger partial charge is 0.407 e. The molecule has 0 aliphatic carbocycles. The Kier molecular flexibility index (Phi) is 10.4. The van der Waals surface area contributed by atoms with Crippen molar-refractivity contribution in [2.24, 2.45) is 5.41 Å². The van der Waals surface area contributed by atoms with E-state index in [-0.39, 0.29) is 49.6 Å². The van der Waals surface area contributed by atoms with E-state index in [1.54, 1.807) is 42.0 Å². The summed E-state index contributed by atoms with van der Waals surface area (Å²) < 4.78 is 11.3. The Hall–Kier alpha value is -4.12. The highest BCUT2D eigenvalue weighted by Gasteiger charge is 2.41. The number of rotatable bonds is 9. The highest BCUT2D eigenvalue weighted by atomic mass is 16.7. The quantitative estimate of drug-likeness (QED) is 0.418. The van der Waals surface area contributed by atoms with Crippen LogP contribution in [0, 0.1) is 5.41 Å². The van der Waals surface area contributed by atoms with Crippen LogP contribution < -0.4 is 15.0 Å². The van der Waals surface area contributed by atoms with Gasteiger partial charge in [-0.3, -0.25) is 9.59 Å². The number of nitrogens with zero attached hydrogens (tertiary/aromatic N) is 3. The Labute approximate surface area is 265 Å². The van der Waals surface area contributed by atoms with Crippen molar-refractivity contribution >= 4 is 29.6 Å². The van der Waals surface area contributed by atoms with Crippen molar-refractivity contribution < 1.29 is 33.5 Å². The minimum atomic E-state index is -1.13. The van der Waals surface area contributed by atoms with E-state index in [2.05, 4.69) is 5.32 Å². The van der Waals surface area contributed by atoms with Gasteiger partial charge in [0.1, 0.15) is 12.4 Å². The minimum Gasteiger partial charge on any atom is -0.476 e. The first kappa shape index (κ1) is 33.8. The third kappa shape index (κ3) is 8.33. The molecule has 11 heteroatoms. The number of ether oxygens (including phenoxy) is 2. The maximum atomic E-state index is 14.0. The number of hydroxylamine groups is 2. The lowest BCUT2D eigenvalue weighted by atomic mass is 9.97. The average molecular weight is 623 g/mol. The average Bonchev–Trinajstić information content (AvgIpc) is 2.98. The lowest BCUT2D eigenvalue weighted by molar-refractivity contribution is -0.208. The van der Waals surface area contributed by atoms with Crippen LogP contribution >= 0.6 is 0 Å². The van der Waals surface area contributed by atoms with Crippen molar-refractivity contribution in [1.82, 2.24) is 15.3 Å². The molecule has 0 spiro atoms. The molecule has 0 radical (unpaired) electrons. The summed E-state index contributed by atoms with van der Waals surface area (Å²) in [6.07, 6.45) is 0.950. The zero-order valence-electron chi connectivity index (χ0n) is 27.4. The van der Waals surface area contributed by atoms with Gasteiger partial charge in [-0.1, -0.05) is 30.3 Å². The van der Waals surface area contributed by atoms with Crippen molar-refractivity contribution in [2.45, 2.75) is 85.6 Å². The second-order valence-electron chi connectivity index (χ2n) is 13.4. The van der Waals surface area contributed by atoms with Gasteiger partial charge in [-0.15, -0.1) is 5.06 Å². The summed E-state index contributed by atoms with van der Waals surface area (Å²) in [5.74, 6) is -0.325. The molecule has 11 nitrogen and oxygen atoms in total. The van der Waals surface area contributed by atoms with E-state index < -0.39 is 17.1 Å². The molecule has 2 aromatic carbocycles. The molecule has 2 aliphatic heterocycles. The normalized spacial score (nSPS) is 18.1. The molecule has 1 unspecified atom stereocenters. The number of anilines is 1. The Morgan fingerprint density at radius 1 is 1.11 bits per heavy atom. The summed E-state index contributed by atoms with van der Waals surface area (Å²) in [6, 6.07) is 14.1. The molecular formula is C34H46N4O7. The summed E-state index contributed by atoms with van der Waals surface area (Å²) in [5.41, 5.74) is -0.0417. The highest BCUT2D eigenvalue weighted by molar-refractivity contribution is 6.04. The van der Waals surface area contributed by atoms with Crippen LogP contribution in [0.25, 0.3) is 0 Å². The molecule has 2 aromatic rings. The van der Waals surface area contributed by atoms with Crippen molar-refractivity contribution in [3.05, 3.63) is 59.7 Å². The van der Waals surface area contributed by atoms with Crippen LogP contribution in [0.3, 0.4) is 0 Å². The molecule has 1 saturated heterocycles. The van der Waals surface area contributed by atoms with Crippen LogP contribution in [0.4, 0.5) is 10.5 Å². The van der Waals surface area contributed by atoms with Gasteiger partial charge in [0.05, 0.1) is 17.6 Å². The second kappa shape index (κ2) is 13.9. The first-order chi connectivity index (χ1) is 21.2. The zero-order chi connectivity index (χ0) is 32.9. The van der Waals surface area contributed by atoms with Crippen LogP contribution in [0.2, 0.25) is 0 Å². The van der Waals surface area contributed by atoms with Gasteiger partial charge in [-0.2, -0.15) is 0 Å². The maximum Gasteiger partial charge on any atom is 0.407 e. The SMILES string of the molecule is CC(C)N(C(=O)c1ccc2c(c1)N(CCNC(=O)OCc1ccccc1)C(=O)C(C)(C)O2)C1CCCN(OC(=O)C(C)(C)C)C1.